The smallest absolute Gasteiger partial charge is 0.188 e. The van der Waals surface area contributed by atoms with Gasteiger partial charge in [-0.1, -0.05) is 13.8 Å². The summed E-state index contributed by atoms with van der Waals surface area (Å²) in [6.45, 7) is 6.43. The van der Waals surface area contributed by atoms with E-state index >= 15 is 0 Å². The predicted octanol–water partition coefficient (Wildman–Crippen LogP) is 0.237. The molecule has 12 heavy (non-hydrogen) atoms. The van der Waals surface area contributed by atoms with Crippen LogP contribution in [0.15, 0.2) is 0 Å². The summed E-state index contributed by atoms with van der Waals surface area (Å²) in [7, 11) is 0. The number of nitrogens with two attached hydrogens (primary N) is 1. The molecule has 0 radical (unpaired) electrons. The van der Waals surface area contributed by atoms with Crippen LogP contribution >= 0.6 is 0 Å². The summed E-state index contributed by atoms with van der Waals surface area (Å²) in [6.07, 6.45) is 0.225. The predicted molar refractivity (Wildman–Crippen MR) is 48.1 cm³/mol. The summed E-state index contributed by atoms with van der Waals surface area (Å²) in [5.74, 6) is 0.649. The minimum absolute atomic E-state index is 0.156. The van der Waals surface area contributed by atoms with E-state index in [1.165, 1.54) is 0 Å². The number of ether oxygens (including phenoxy) is 1. The minimum atomic E-state index is 0.156. The van der Waals surface area contributed by atoms with E-state index in [0.29, 0.717) is 12.5 Å². The molecule has 0 aromatic rings. The van der Waals surface area contributed by atoms with Gasteiger partial charge in [0.2, 0.25) is 0 Å². The standard InChI is InChI=1S/C8H17N3O/c1-6(2)7-5-11(8(9)10)3-4-12-7/h6-7H,3-5H2,1-2H3,(H3,9,10)/t7-/m1/s1. The topological polar surface area (TPSA) is 62.3 Å². The van der Waals surface area contributed by atoms with E-state index in [1.807, 2.05) is 4.90 Å². The molecule has 1 heterocycles. The molecule has 1 saturated heterocycles. The summed E-state index contributed by atoms with van der Waals surface area (Å²) >= 11 is 0. The molecule has 1 rings (SSSR count). The molecule has 1 aliphatic rings. The van der Waals surface area contributed by atoms with Crippen molar-refractivity contribution >= 4 is 5.96 Å². The Morgan fingerprint density at radius 3 is 2.83 bits per heavy atom. The van der Waals surface area contributed by atoms with Gasteiger partial charge in [0.05, 0.1) is 12.7 Å². The maximum absolute atomic E-state index is 7.27. The molecule has 0 aromatic heterocycles. The zero-order chi connectivity index (χ0) is 9.14. The fraction of sp³-hybridized carbons (Fsp3) is 0.875. The van der Waals surface area contributed by atoms with Crippen molar-refractivity contribution in [1.82, 2.24) is 4.90 Å². The van der Waals surface area contributed by atoms with Crippen LogP contribution in [0.4, 0.5) is 0 Å². The van der Waals surface area contributed by atoms with Crippen molar-refractivity contribution in [2.45, 2.75) is 20.0 Å². The van der Waals surface area contributed by atoms with Gasteiger partial charge in [0, 0.05) is 13.1 Å². The van der Waals surface area contributed by atoms with Crippen LogP contribution < -0.4 is 5.73 Å². The van der Waals surface area contributed by atoms with Gasteiger partial charge in [-0.05, 0) is 5.92 Å². The SMILES string of the molecule is CC(C)[C@H]1CN(C(=N)N)CCO1. The van der Waals surface area contributed by atoms with Gasteiger partial charge < -0.3 is 15.4 Å². The van der Waals surface area contributed by atoms with Crippen LogP contribution in [0.2, 0.25) is 0 Å². The van der Waals surface area contributed by atoms with Crippen molar-refractivity contribution in [2.75, 3.05) is 19.7 Å². The van der Waals surface area contributed by atoms with Crippen molar-refractivity contribution in [3.63, 3.8) is 0 Å². The lowest BCUT2D eigenvalue weighted by atomic mass is 10.1. The second-order valence-corrected chi connectivity index (χ2v) is 3.48. The van der Waals surface area contributed by atoms with E-state index in [2.05, 4.69) is 13.8 Å². The lowest BCUT2D eigenvalue weighted by molar-refractivity contribution is -0.0307. The molecule has 1 fully saturated rings. The Balaban J connectivity index is 2.46. The van der Waals surface area contributed by atoms with Crippen LogP contribution in [0.3, 0.4) is 0 Å². The van der Waals surface area contributed by atoms with Gasteiger partial charge in [-0.25, -0.2) is 0 Å². The molecule has 0 amide bonds. The highest BCUT2D eigenvalue weighted by molar-refractivity contribution is 5.74. The van der Waals surface area contributed by atoms with E-state index in [4.69, 9.17) is 15.9 Å². The molecule has 4 heteroatoms. The van der Waals surface area contributed by atoms with Gasteiger partial charge in [0.25, 0.3) is 0 Å². The van der Waals surface area contributed by atoms with Crippen LogP contribution in [0.25, 0.3) is 0 Å². The minimum Gasteiger partial charge on any atom is -0.374 e. The number of nitrogens with zero attached hydrogens (tertiary/aromatic N) is 1. The van der Waals surface area contributed by atoms with E-state index in [1.54, 1.807) is 0 Å². The summed E-state index contributed by atoms with van der Waals surface area (Å²) < 4.78 is 5.53. The third-order valence-corrected chi connectivity index (χ3v) is 2.18. The van der Waals surface area contributed by atoms with E-state index in [-0.39, 0.29) is 12.1 Å². The highest BCUT2D eigenvalue weighted by Crippen LogP contribution is 2.12. The normalized spacial score (nSPS) is 24.6. The molecule has 1 atom stereocenters. The van der Waals surface area contributed by atoms with Crippen LogP contribution in [0, 0.1) is 11.3 Å². The van der Waals surface area contributed by atoms with Gasteiger partial charge in [-0.3, -0.25) is 5.41 Å². The lowest BCUT2D eigenvalue weighted by Gasteiger charge is -2.34. The average molecular weight is 171 g/mol. The molecule has 3 N–H and O–H groups in total. The van der Waals surface area contributed by atoms with E-state index < -0.39 is 0 Å². The van der Waals surface area contributed by atoms with Crippen LogP contribution in [0.5, 0.6) is 0 Å². The molecule has 1 aliphatic heterocycles. The van der Waals surface area contributed by atoms with Gasteiger partial charge in [-0.2, -0.15) is 0 Å². The fourth-order valence-corrected chi connectivity index (χ4v) is 1.30. The maximum Gasteiger partial charge on any atom is 0.188 e. The first kappa shape index (κ1) is 9.32. The molecule has 0 saturated carbocycles. The second-order valence-electron chi connectivity index (χ2n) is 3.48. The highest BCUT2D eigenvalue weighted by Gasteiger charge is 2.23. The van der Waals surface area contributed by atoms with E-state index in [0.717, 1.165) is 13.1 Å². The number of rotatable bonds is 1. The Morgan fingerprint density at radius 1 is 1.67 bits per heavy atom. The fourth-order valence-electron chi connectivity index (χ4n) is 1.30. The third kappa shape index (κ3) is 2.11. The van der Waals surface area contributed by atoms with E-state index in [9.17, 15) is 0 Å². The first-order valence-corrected chi connectivity index (χ1v) is 4.32. The zero-order valence-electron chi connectivity index (χ0n) is 7.71. The Labute approximate surface area is 73.2 Å². The highest BCUT2D eigenvalue weighted by atomic mass is 16.5. The molecular weight excluding hydrogens is 154 g/mol. The van der Waals surface area contributed by atoms with Gasteiger partial charge in [-0.15, -0.1) is 0 Å². The summed E-state index contributed by atoms with van der Waals surface area (Å²) in [5, 5.41) is 7.27. The number of hydrogen-bond donors (Lipinski definition) is 2. The van der Waals surface area contributed by atoms with Crippen LogP contribution in [-0.4, -0.2) is 36.7 Å². The lowest BCUT2D eigenvalue weighted by Crippen LogP contribution is -2.49. The molecule has 0 aliphatic carbocycles. The van der Waals surface area contributed by atoms with Crippen LogP contribution in [0.1, 0.15) is 13.8 Å². The molecule has 70 valence electrons. The summed E-state index contributed by atoms with van der Waals surface area (Å²) in [5.41, 5.74) is 5.38. The molecule has 0 spiro atoms. The van der Waals surface area contributed by atoms with Crippen molar-refractivity contribution < 1.29 is 4.74 Å². The number of nitrogens with one attached hydrogen (secondary N) is 1. The zero-order valence-corrected chi connectivity index (χ0v) is 7.71. The largest absolute Gasteiger partial charge is 0.374 e. The Morgan fingerprint density at radius 2 is 2.33 bits per heavy atom. The Hall–Kier alpha value is -0.770. The summed E-state index contributed by atoms with van der Waals surface area (Å²) in [6, 6.07) is 0. The van der Waals surface area contributed by atoms with Gasteiger partial charge >= 0.3 is 0 Å². The number of guanidine groups is 1. The molecule has 0 bridgehead atoms. The van der Waals surface area contributed by atoms with Crippen molar-refractivity contribution in [1.29, 1.82) is 5.41 Å². The first-order chi connectivity index (χ1) is 5.61. The first-order valence-electron chi connectivity index (χ1n) is 4.32. The maximum atomic E-state index is 7.27. The van der Waals surface area contributed by atoms with Gasteiger partial charge in [0.1, 0.15) is 0 Å². The van der Waals surface area contributed by atoms with Crippen molar-refractivity contribution in [3.05, 3.63) is 0 Å². The summed E-state index contributed by atoms with van der Waals surface area (Å²) in [4.78, 5) is 1.86. The molecule has 4 nitrogen and oxygen atoms in total. The van der Waals surface area contributed by atoms with Crippen molar-refractivity contribution in [2.24, 2.45) is 11.7 Å². The van der Waals surface area contributed by atoms with Crippen LogP contribution in [-0.2, 0) is 4.74 Å². The van der Waals surface area contributed by atoms with Gasteiger partial charge in [0.15, 0.2) is 5.96 Å². The number of hydrogen-bond acceptors (Lipinski definition) is 2. The monoisotopic (exact) mass is 171 g/mol. The average Bonchev–Trinajstić information content (AvgIpc) is 2.04. The molecule has 0 aromatic carbocycles. The molecular formula is C8H17N3O. The Bertz CT molecular complexity index is 170. The number of morpholine rings is 1. The quantitative estimate of drug-likeness (QED) is 0.439. The molecule has 0 unspecified atom stereocenters. The Kier molecular flexibility index (Phi) is 2.92. The second kappa shape index (κ2) is 3.76. The van der Waals surface area contributed by atoms with Crippen molar-refractivity contribution in [3.8, 4) is 0 Å². The third-order valence-electron chi connectivity index (χ3n) is 2.18.